The lowest BCUT2D eigenvalue weighted by Crippen LogP contribution is -2.27. The lowest BCUT2D eigenvalue weighted by molar-refractivity contribution is -0.116. The molecule has 2 heterocycles. The average molecular weight is 401 g/mol. The Hall–Kier alpha value is -2.58. The van der Waals surface area contributed by atoms with Gasteiger partial charge in [0.05, 0.1) is 0 Å². The third kappa shape index (κ3) is 4.06. The van der Waals surface area contributed by atoms with Crippen molar-refractivity contribution >= 4 is 45.5 Å². The number of hydrogen-bond acceptors (Lipinski definition) is 5. The highest BCUT2D eigenvalue weighted by Gasteiger charge is 2.13. The van der Waals surface area contributed by atoms with Crippen molar-refractivity contribution < 1.29 is 4.79 Å². The van der Waals surface area contributed by atoms with E-state index in [2.05, 4.69) is 30.7 Å². The van der Waals surface area contributed by atoms with Crippen LogP contribution in [0.4, 0.5) is 5.69 Å². The van der Waals surface area contributed by atoms with E-state index in [-0.39, 0.29) is 18.0 Å². The van der Waals surface area contributed by atoms with Gasteiger partial charge in [0.15, 0.2) is 9.60 Å². The van der Waals surface area contributed by atoms with Crippen molar-refractivity contribution in [1.82, 2.24) is 14.1 Å². The third-order valence-electron chi connectivity index (χ3n) is 4.13. The molecule has 0 saturated heterocycles. The summed E-state index contributed by atoms with van der Waals surface area (Å²) in [4.78, 5) is 29.3. The van der Waals surface area contributed by atoms with Gasteiger partial charge in [0.25, 0.3) is 5.56 Å². The highest BCUT2D eigenvalue weighted by Crippen LogP contribution is 2.18. The number of nitrogens with one attached hydrogen (secondary N) is 1. The standard InChI is InChI=1S/C19H20N4O2S2/c1-4-9-23-17-16(27-19(23)26)18(25)22(11-20-17)10-15(24)21-14-7-5-13(6-8-14)12(2)3/h4-8,11-12H,1,9-10H2,2-3H3,(H,21,24). The predicted octanol–water partition coefficient (Wildman–Crippen LogP) is 3.94. The van der Waals surface area contributed by atoms with E-state index in [9.17, 15) is 9.59 Å². The van der Waals surface area contributed by atoms with Gasteiger partial charge < -0.3 is 9.88 Å². The van der Waals surface area contributed by atoms with Gasteiger partial charge in [-0.05, 0) is 35.8 Å². The monoisotopic (exact) mass is 400 g/mol. The van der Waals surface area contributed by atoms with Crippen LogP contribution in [0.5, 0.6) is 0 Å². The third-order valence-corrected chi connectivity index (χ3v) is 5.56. The fourth-order valence-corrected chi connectivity index (χ4v) is 4.00. The summed E-state index contributed by atoms with van der Waals surface area (Å²) in [6, 6.07) is 7.68. The van der Waals surface area contributed by atoms with E-state index in [1.54, 1.807) is 10.6 Å². The number of carbonyl (C=O) groups excluding carboxylic acids is 1. The van der Waals surface area contributed by atoms with E-state index in [0.717, 1.165) is 0 Å². The second kappa shape index (κ2) is 7.98. The molecule has 1 aromatic carbocycles. The second-order valence-electron chi connectivity index (χ2n) is 6.42. The molecule has 0 radical (unpaired) electrons. The van der Waals surface area contributed by atoms with Crippen LogP contribution < -0.4 is 10.9 Å². The molecule has 0 aliphatic rings. The topological polar surface area (TPSA) is 68.9 Å². The van der Waals surface area contributed by atoms with Gasteiger partial charge in [-0.2, -0.15) is 0 Å². The Morgan fingerprint density at radius 1 is 1.37 bits per heavy atom. The molecule has 0 spiro atoms. The number of benzene rings is 1. The van der Waals surface area contributed by atoms with Crippen LogP contribution in [0.1, 0.15) is 25.3 Å². The largest absolute Gasteiger partial charge is 0.325 e. The molecule has 0 aliphatic heterocycles. The Labute approximate surface area is 165 Å². The summed E-state index contributed by atoms with van der Waals surface area (Å²) in [5.41, 5.74) is 2.14. The van der Waals surface area contributed by atoms with Crippen molar-refractivity contribution in [3.8, 4) is 0 Å². The predicted molar refractivity (Wildman–Crippen MR) is 112 cm³/mol. The Morgan fingerprint density at radius 3 is 2.70 bits per heavy atom. The lowest BCUT2D eigenvalue weighted by Gasteiger charge is -2.09. The molecule has 0 saturated carbocycles. The number of hydrogen-bond donors (Lipinski definition) is 1. The molecule has 0 unspecified atom stereocenters. The molecule has 8 heteroatoms. The van der Waals surface area contributed by atoms with Crippen LogP contribution in [0, 0.1) is 3.95 Å². The normalized spacial score (nSPS) is 11.1. The Balaban J connectivity index is 1.80. The van der Waals surface area contributed by atoms with E-state index in [1.165, 1.54) is 27.8 Å². The minimum atomic E-state index is -0.287. The van der Waals surface area contributed by atoms with Crippen LogP contribution in [0.3, 0.4) is 0 Å². The summed E-state index contributed by atoms with van der Waals surface area (Å²) in [6.07, 6.45) is 3.08. The number of rotatable bonds is 6. The zero-order valence-corrected chi connectivity index (χ0v) is 16.8. The molecular formula is C19H20N4O2S2. The first-order valence-corrected chi connectivity index (χ1v) is 9.72. The first kappa shape index (κ1) is 19.2. The summed E-state index contributed by atoms with van der Waals surface area (Å²) in [7, 11) is 0. The van der Waals surface area contributed by atoms with Gasteiger partial charge >= 0.3 is 0 Å². The maximum Gasteiger partial charge on any atom is 0.273 e. The van der Waals surface area contributed by atoms with Gasteiger partial charge in [-0.1, -0.05) is 43.4 Å². The Morgan fingerprint density at radius 2 is 2.07 bits per heavy atom. The summed E-state index contributed by atoms with van der Waals surface area (Å²) < 4.78 is 4.05. The van der Waals surface area contributed by atoms with E-state index in [0.29, 0.717) is 32.5 Å². The summed E-state index contributed by atoms with van der Waals surface area (Å²) in [6.45, 7) is 8.29. The molecule has 2 aromatic heterocycles. The zero-order chi connectivity index (χ0) is 19.6. The van der Waals surface area contributed by atoms with Crippen molar-refractivity contribution in [3.05, 3.63) is 63.1 Å². The van der Waals surface area contributed by atoms with Crippen molar-refractivity contribution in [2.75, 3.05) is 5.32 Å². The number of carbonyl (C=O) groups is 1. The number of amides is 1. The number of fused-ring (bicyclic) bond motifs is 1. The van der Waals surface area contributed by atoms with Gasteiger partial charge in [0, 0.05) is 12.2 Å². The van der Waals surface area contributed by atoms with E-state index < -0.39 is 0 Å². The molecule has 0 atom stereocenters. The maximum atomic E-state index is 12.7. The van der Waals surface area contributed by atoms with Crippen molar-refractivity contribution in [2.45, 2.75) is 32.9 Å². The molecule has 0 aliphatic carbocycles. The van der Waals surface area contributed by atoms with Crippen molar-refractivity contribution in [1.29, 1.82) is 0 Å². The Kier molecular flexibility index (Phi) is 5.67. The van der Waals surface area contributed by atoms with Crippen molar-refractivity contribution in [3.63, 3.8) is 0 Å². The van der Waals surface area contributed by atoms with Crippen LogP contribution in [0.2, 0.25) is 0 Å². The Bertz CT molecular complexity index is 1110. The van der Waals surface area contributed by atoms with Gasteiger partial charge in [0.1, 0.15) is 17.6 Å². The molecule has 27 heavy (non-hydrogen) atoms. The molecule has 3 rings (SSSR count). The fraction of sp³-hybridized carbons (Fsp3) is 0.263. The SMILES string of the molecule is C=CCn1c(=S)sc2c(=O)n(CC(=O)Nc3ccc(C(C)C)cc3)cnc21. The van der Waals surface area contributed by atoms with Crippen LogP contribution in [-0.2, 0) is 17.9 Å². The van der Waals surface area contributed by atoms with E-state index >= 15 is 0 Å². The van der Waals surface area contributed by atoms with Crippen LogP contribution in [0.25, 0.3) is 10.3 Å². The van der Waals surface area contributed by atoms with Crippen LogP contribution in [0.15, 0.2) is 48.0 Å². The molecule has 3 aromatic rings. The fourth-order valence-electron chi connectivity index (χ4n) is 2.68. The first-order chi connectivity index (χ1) is 12.9. The lowest BCUT2D eigenvalue weighted by atomic mass is 10.0. The number of thiazole rings is 1. The van der Waals surface area contributed by atoms with E-state index in [1.807, 2.05) is 24.3 Å². The van der Waals surface area contributed by atoms with Gasteiger partial charge in [-0.3, -0.25) is 14.2 Å². The number of nitrogens with zero attached hydrogens (tertiary/aromatic N) is 3. The molecule has 0 bridgehead atoms. The minimum absolute atomic E-state index is 0.111. The van der Waals surface area contributed by atoms with Crippen LogP contribution >= 0.6 is 23.6 Å². The number of anilines is 1. The summed E-state index contributed by atoms with van der Waals surface area (Å²) in [5, 5.41) is 2.81. The molecule has 140 valence electrons. The first-order valence-electron chi connectivity index (χ1n) is 8.50. The summed E-state index contributed by atoms with van der Waals surface area (Å²) >= 11 is 6.49. The molecule has 0 fully saturated rings. The smallest absolute Gasteiger partial charge is 0.273 e. The van der Waals surface area contributed by atoms with Crippen molar-refractivity contribution in [2.24, 2.45) is 0 Å². The molecular weight excluding hydrogens is 380 g/mol. The molecule has 1 amide bonds. The van der Waals surface area contributed by atoms with Crippen LogP contribution in [-0.4, -0.2) is 20.0 Å². The van der Waals surface area contributed by atoms with Gasteiger partial charge in [0.2, 0.25) is 5.91 Å². The molecule has 6 nitrogen and oxygen atoms in total. The maximum absolute atomic E-state index is 12.7. The number of aromatic nitrogens is 3. The van der Waals surface area contributed by atoms with Gasteiger partial charge in [-0.15, -0.1) is 6.58 Å². The average Bonchev–Trinajstić information content (AvgIpc) is 2.95. The highest BCUT2D eigenvalue weighted by molar-refractivity contribution is 7.73. The van der Waals surface area contributed by atoms with E-state index in [4.69, 9.17) is 12.2 Å². The second-order valence-corrected chi connectivity index (χ2v) is 8.07. The minimum Gasteiger partial charge on any atom is -0.325 e. The zero-order valence-electron chi connectivity index (χ0n) is 15.1. The highest BCUT2D eigenvalue weighted by atomic mass is 32.1. The molecule has 1 N–H and O–H groups in total. The summed E-state index contributed by atoms with van der Waals surface area (Å²) in [5.74, 6) is 0.139. The quantitative estimate of drug-likeness (QED) is 0.503. The van der Waals surface area contributed by atoms with Gasteiger partial charge in [-0.25, -0.2) is 4.98 Å². The number of allylic oxidation sites excluding steroid dienone is 1.